The smallest absolute Gasteiger partial charge is 0.311 e. The van der Waals surface area contributed by atoms with E-state index in [9.17, 15) is 19.2 Å². The number of carbonyl (C=O) groups is 2. The molecule has 0 unspecified atom stereocenters. The molecule has 0 amide bonds. The minimum absolute atomic E-state index is 0.202. The predicted octanol–water partition coefficient (Wildman–Crippen LogP) is 6.73. The Morgan fingerprint density at radius 1 is 0.646 bits per heavy atom. The molecule has 8 aromatic rings. The maximum Gasteiger partial charge on any atom is 0.311 e. The van der Waals surface area contributed by atoms with Gasteiger partial charge in [-0.3, -0.25) is 28.0 Å². The molecular weight excluding hydrogens is 649 g/mol. The third-order valence-corrected chi connectivity index (χ3v) is 10.9. The highest BCUT2D eigenvalue weighted by atomic mass is 32.1. The second-order valence-electron chi connectivity index (χ2n) is 14.3. The SMILES string of the molecule is CC(C)(C)C(=O)OCCc1cc2c(nc3c4ccc5c6c(ccc(c(=O)n23)c46)c(=O)n2c3cc(CCOC(=O)C(C)(C)C)sc3nc52)s1. The molecule has 2 aromatic carbocycles. The molecule has 0 radical (unpaired) electrons. The van der Waals surface area contributed by atoms with Crippen LogP contribution in [0.2, 0.25) is 0 Å². The predicted molar refractivity (Wildman–Crippen MR) is 190 cm³/mol. The quantitative estimate of drug-likeness (QED) is 0.140. The van der Waals surface area contributed by atoms with E-state index in [1.807, 2.05) is 65.8 Å². The summed E-state index contributed by atoms with van der Waals surface area (Å²) in [5, 5.41) is 4.01. The number of carbonyl (C=O) groups excluding carboxylic acids is 2. The van der Waals surface area contributed by atoms with Crippen molar-refractivity contribution < 1.29 is 19.1 Å². The molecule has 12 heteroatoms. The van der Waals surface area contributed by atoms with Gasteiger partial charge in [-0.1, -0.05) is 0 Å². The number of aromatic nitrogens is 4. The fourth-order valence-electron chi connectivity index (χ4n) is 6.25. The van der Waals surface area contributed by atoms with E-state index in [1.165, 1.54) is 22.7 Å². The van der Waals surface area contributed by atoms with E-state index in [0.29, 0.717) is 56.7 Å². The Bertz CT molecular complexity index is 2550. The van der Waals surface area contributed by atoms with Crippen molar-refractivity contribution in [2.45, 2.75) is 54.4 Å². The van der Waals surface area contributed by atoms with Gasteiger partial charge in [-0.25, -0.2) is 9.97 Å². The Hall–Kier alpha value is -4.68. The van der Waals surface area contributed by atoms with Gasteiger partial charge in [0.2, 0.25) is 0 Å². The Morgan fingerprint density at radius 2 is 1.02 bits per heavy atom. The van der Waals surface area contributed by atoms with E-state index in [4.69, 9.17) is 19.4 Å². The number of imidazole rings is 2. The summed E-state index contributed by atoms with van der Waals surface area (Å²) < 4.78 is 14.2. The van der Waals surface area contributed by atoms with Gasteiger partial charge in [0.05, 0.1) is 35.1 Å². The van der Waals surface area contributed by atoms with Crippen LogP contribution < -0.4 is 11.1 Å². The zero-order valence-corrected chi connectivity index (χ0v) is 29.0. The number of fused-ring (bicyclic) bond motifs is 8. The number of pyridine rings is 2. The highest BCUT2D eigenvalue weighted by Crippen LogP contribution is 2.38. The first-order valence-corrected chi connectivity index (χ1v) is 17.4. The standard InChI is InChI=1S/C36H32N4O6S2/c1-35(2,3)33(43)45-13-11-17-15-23-29(47-17)37-27-19-7-8-20-26-22(10-9-21(25(19)26)31(41)39(23)27)32(42)40-24-16-18(48-30(24)38-28(20)40)12-14-46-34(44)36(4,5)6/h7-10,15-16H,11-14H2,1-6H3. The maximum atomic E-state index is 14.1. The van der Waals surface area contributed by atoms with Gasteiger partial charge in [0.15, 0.2) is 0 Å². The van der Waals surface area contributed by atoms with Crippen LogP contribution in [0.4, 0.5) is 0 Å². The van der Waals surface area contributed by atoms with Crippen molar-refractivity contribution in [3.05, 3.63) is 66.9 Å². The second-order valence-corrected chi connectivity index (χ2v) is 16.5. The van der Waals surface area contributed by atoms with E-state index in [0.717, 1.165) is 30.2 Å². The van der Waals surface area contributed by atoms with Crippen molar-refractivity contribution >= 4 is 98.9 Å². The van der Waals surface area contributed by atoms with E-state index in [-0.39, 0.29) is 36.3 Å². The number of esters is 2. The van der Waals surface area contributed by atoms with Gasteiger partial charge in [-0.15, -0.1) is 22.7 Å². The Kier molecular flexibility index (Phi) is 6.64. The van der Waals surface area contributed by atoms with Crippen LogP contribution >= 0.6 is 22.7 Å². The van der Waals surface area contributed by atoms with Crippen LogP contribution in [0.15, 0.2) is 46.0 Å². The van der Waals surface area contributed by atoms with Crippen molar-refractivity contribution in [1.29, 1.82) is 0 Å². The van der Waals surface area contributed by atoms with Crippen molar-refractivity contribution in [2.75, 3.05) is 13.2 Å². The van der Waals surface area contributed by atoms with Crippen LogP contribution in [0.1, 0.15) is 51.3 Å². The Balaban J connectivity index is 1.21. The van der Waals surface area contributed by atoms with E-state index in [2.05, 4.69) is 0 Å². The van der Waals surface area contributed by atoms with Gasteiger partial charge in [-0.05, 0) is 77.9 Å². The fraction of sp³-hybridized carbons (Fsp3) is 0.333. The zero-order valence-electron chi connectivity index (χ0n) is 27.3. The highest BCUT2D eigenvalue weighted by molar-refractivity contribution is 7.19. The summed E-state index contributed by atoms with van der Waals surface area (Å²) in [5.74, 6) is -0.507. The molecule has 6 aromatic heterocycles. The normalized spacial score (nSPS) is 13.0. The molecule has 8 rings (SSSR count). The van der Waals surface area contributed by atoms with Crippen LogP contribution in [0, 0.1) is 10.8 Å². The van der Waals surface area contributed by atoms with E-state index >= 15 is 0 Å². The molecule has 244 valence electrons. The van der Waals surface area contributed by atoms with Gasteiger partial charge < -0.3 is 9.47 Å². The molecule has 48 heavy (non-hydrogen) atoms. The lowest BCUT2D eigenvalue weighted by molar-refractivity contribution is -0.153. The lowest BCUT2D eigenvalue weighted by Crippen LogP contribution is -2.23. The summed E-state index contributed by atoms with van der Waals surface area (Å²) in [5.41, 5.74) is 0.973. The lowest BCUT2D eigenvalue weighted by Gasteiger charge is -2.16. The van der Waals surface area contributed by atoms with Crippen molar-refractivity contribution in [2.24, 2.45) is 10.8 Å². The zero-order chi connectivity index (χ0) is 33.9. The number of hydrogen-bond donors (Lipinski definition) is 0. The molecule has 0 N–H and O–H groups in total. The second kappa shape index (κ2) is 10.4. The number of thiophene rings is 2. The summed E-state index contributed by atoms with van der Waals surface area (Å²) >= 11 is 2.96. The van der Waals surface area contributed by atoms with Gasteiger partial charge in [0.1, 0.15) is 21.0 Å². The Labute approximate surface area is 281 Å². The molecule has 0 aliphatic rings. The maximum absolute atomic E-state index is 14.1. The van der Waals surface area contributed by atoms with Crippen LogP contribution in [0.5, 0.6) is 0 Å². The fourth-order valence-corrected chi connectivity index (χ4v) is 8.23. The minimum Gasteiger partial charge on any atom is -0.465 e. The number of ether oxygens (including phenoxy) is 2. The van der Waals surface area contributed by atoms with Crippen molar-refractivity contribution in [3.63, 3.8) is 0 Å². The monoisotopic (exact) mass is 680 g/mol. The molecule has 0 saturated carbocycles. The largest absolute Gasteiger partial charge is 0.465 e. The first-order valence-electron chi connectivity index (χ1n) is 15.8. The summed E-state index contributed by atoms with van der Waals surface area (Å²) in [6.07, 6.45) is 1.06. The molecule has 0 fully saturated rings. The van der Waals surface area contributed by atoms with Gasteiger partial charge >= 0.3 is 11.9 Å². The summed E-state index contributed by atoms with van der Waals surface area (Å²) in [7, 11) is 0. The van der Waals surface area contributed by atoms with Crippen LogP contribution in [-0.4, -0.2) is 43.9 Å². The van der Waals surface area contributed by atoms with Gasteiger partial charge in [0.25, 0.3) is 11.1 Å². The van der Waals surface area contributed by atoms with Crippen LogP contribution in [0.25, 0.3) is 64.3 Å². The first-order chi connectivity index (χ1) is 22.7. The number of nitrogens with zero attached hydrogens (tertiary/aromatic N) is 4. The van der Waals surface area contributed by atoms with Crippen LogP contribution in [-0.2, 0) is 31.9 Å². The van der Waals surface area contributed by atoms with E-state index in [1.54, 1.807) is 20.9 Å². The van der Waals surface area contributed by atoms with Crippen molar-refractivity contribution in [1.82, 2.24) is 18.8 Å². The third-order valence-electron chi connectivity index (χ3n) is 8.71. The molecule has 6 heterocycles. The lowest BCUT2D eigenvalue weighted by atomic mass is 9.96. The molecule has 0 spiro atoms. The summed E-state index contributed by atoms with van der Waals surface area (Å²) in [6, 6.07) is 11.3. The first kappa shape index (κ1) is 30.6. The number of hydrogen-bond acceptors (Lipinski definition) is 10. The highest BCUT2D eigenvalue weighted by Gasteiger charge is 2.26. The molecule has 0 atom stereocenters. The number of rotatable bonds is 6. The topological polar surface area (TPSA) is 121 Å². The van der Waals surface area contributed by atoms with Crippen LogP contribution in [0.3, 0.4) is 0 Å². The Morgan fingerprint density at radius 3 is 1.40 bits per heavy atom. The van der Waals surface area contributed by atoms with E-state index < -0.39 is 10.8 Å². The molecular formula is C36H32N4O6S2. The average molecular weight is 681 g/mol. The summed E-state index contributed by atoms with van der Waals surface area (Å²) in [4.78, 5) is 65.7. The van der Waals surface area contributed by atoms with Crippen molar-refractivity contribution in [3.8, 4) is 0 Å². The number of benzene rings is 2. The molecule has 0 bridgehead atoms. The summed E-state index contributed by atoms with van der Waals surface area (Å²) in [6.45, 7) is 11.4. The van der Waals surface area contributed by atoms with Gasteiger partial charge in [-0.2, -0.15) is 0 Å². The van der Waals surface area contributed by atoms with Gasteiger partial charge in [0, 0.05) is 54.9 Å². The molecule has 0 saturated heterocycles. The molecule has 0 aliphatic heterocycles. The average Bonchev–Trinajstić information content (AvgIpc) is 3.77. The molecule has 0 aliphatic carbocycles. The molecule has 10 nitrogen and oxygen atoms in total. The minimum atomic E-state index is -0.570. The third kappa shape index (κ3) is 4.56.